The second kappa shape index (κ2) is 8.30. The lowest BCUT2D eigenvalue weighted by Crippen LogP contribution is -2.18. The lowest BCUT2D eigenvalue weighted by atomic mass is 10.0. The van der Waals surface area contributed by atoms with Crippen LogP contribution < -0.4 is 11.1 Å². The maximum Gasteiger partial charge on any atom is 0.277 e. The van der Waals surface area contributed by atoms with E-state index < -0.39 is 0 Å². The Bertz CT molecular complexity index is 702. The highest BCUT2D eigenvalue weighted by molar-refractivity contribution is 7.99. The van der Waals surface area contributed by atoms with Gasteiger partial charge < -0.3 is 15.5 Å². The molecule has 0 saturated carbocycles. The standard InChI is InChI=1S/C17H24N4O2S/c1-5-11(3)15(18)16-20-21-17(23-16)24-9-14(22)19-13-8-10(2)6-7-12(13)4/h6-8,11,15H,5,9,18H2,1-4H3,(H,19,22)/t11-,15+/m1/s1. The molecule has 0 bridgehead atoms. The van der Waals surface area contributed by atoms with Crippen LogP contribution in [-0.4, -0.2) is 21.9 Å². The van der Waals surface area contributed by atoms with Crippen LogP contribution in [0.4, 0.5) is 5.69 Å². The topological polar surface area (TPSA) is 94.0 Å². The third-order valence-corrected chi connectivity index (χ3v) is 4.78. The summed E-state index contributed by atoms with van der Waals surface area (Å²) in [7, 11) is 0. The molecule has 0 spiro atoms. The van der Waals surface area contributed by atoms with Gasteiger partial charge >= 0.3 is 0 Å². The molecule has 2 rings (SSSR count). The van der Waals surface area contributed by atoms with Crippen LogP contribution in [0, 0.1) is 19.8 Å². The van der Waals surface area contributed by atoms with Crippen molar-refractivity contribution in [3.8, 4) is 0 Å². The van der Waals surface area contributed by atoms with Crippen LogP contribution in [0.3, 0.4) is 0 Å². The molecule has 0 fully saturated rings. The van der Waals surface area contributed by atoms with Gasteiger partial charge in [0.2, 0.25) is 11.8 Å². The van der Waals surface area contributed by atoms with Crippen LogP contribution in [0.1, 0.15) is 43.3 Å². The zero-order chi connectivity index (χ0) is 17.7. The second-order valence-corrected chi connectivity index (χ2v) is 6.90. The highest BCUT2D eigenvalue weighted by atomic mass is 32.2. The van der Waals surface area contributed by atoms with Crippen LogP contribution in [0.2, 0.25) is 0 Å². The molecular weight excluding hydrogens is 324 g/mol. The molecule has 0 aliphatic carbocycles. The molecule has 0 aliphatic heterocycles. The summed E-state index contributed by atoms with van der Waals surface area (Å²) in [5.41, 5.74) is 9.02. The van der Waals surface area contributed by atoms with Gasteiger partial charge in [-0.2, -0.15) is 0 Å². The summed E-state index contributed by atoms with van der Waals surface area (Å²) in [4.78, 5) is 12.1. The number of hydrogen-bond donors (Lipinski definition) is 2. The molecule has 0 radical (unpaired) electrons. The molecule has 130 valence electrons. The zero-order valence-electron chi connectivity index (χ0n) is 14.5. The van der Waals surface area contributed by atoms with Gasteiger partial charge in [-0.1, -0.05) is 44.2 Å². The van der Waals surface area contributed by atoms with Gasteiger partial charge in [0.25, 0.3) is 5.22 Å². The first-order valence-electron chi connectivity index (χ1n) is 7.99. The zero-order valence-corrected chi connectivity index (χ0v) is 15.3. The molecule has 2 aromatic rings. The van der Waals surface area contributed by atoms with E-state index in [-0.39, 0.29) is 23.6 Å². The molecule has 2 atom stereocenters. The summed E-state index contributed by atoms with van der Waals surface area (Å²) in [5, 5.41) is 11.2. The molecule has 1 heterocycles. The molecule has 0 unspecified atom stereocenters. The minimum absolute atomic E-state index is 0.111. The normalized spacial score (nSPS) is 13.5. The van der Waals surface area contributed by atoms with Crippen LogP contribution in [-0.2, 0) is 4.79 Å². The molecule has 0 aliphatic rings. The van der Waals surface area contributed by atoms with Crippen molar-refractivity contribution < 1.29 is 9.21 Å². The summed E-state index contributed by atoms with van der Waals surface area (Å²) in [5.74, 6) is 0.769. The molecule has 6 nitrogen and oxygen atoms in total. The Labute approximate surface area is 146 Å². The Morgan fingerprint density at radius 2 is 2.12 bits per heavy atom. The highest BCUT2D eigenvalue weighted by Gasteiger charge is 2.20. The second-order valence-electron chi connectivity index (χ2n) is 5.97. The Balaban J connectivity index is 1.90. The summed E-state index contributed by atoms with van der Waals surface area (Å²) in [6.45, 7) is 8.06. The minimum atomic E-state index is -0.277. The van der Waals surface area contributed by atoms with Gasteiger partial charge in [-0.05, 0) is 37.0 Å². The molecule has 0 saturated heterocycles. The van der Waals surface area contributed by atoms with E-state index in [2.05, 4.69) is 22.4 Å². The maximum atomic E-state index is 12.1. The number of hydrogen-bond acceptors (Lipinski definition) is 6. The van der Waals surface area contributed by atoms with Crippen molar-refractivity contribution in [3.63, 3.8) is 0 Å². The number of benzene rings is 1. The number of anilines is 1. The van der Waals surface area contributed by atoms with E-state index in [0.717, 1.165) is 23.2 Å². The molecule has 1 aromatic heterocycles. The van der Waals surface area contributed by atoms with E-state index in [0.29, 0.717) is 11.1 Å². The van der Waals surface area contributed by atoms with Crippen molar-refractivity contribution in [1.82, 2.24) is 10.2 Å². The van der Waals surface area contributed by atoms with Gasteiger partial charge in [0.15, 0.2) is 0 Å². The SMILES string of the molecule is CC[C@@H](C)[C@H](N)c1nnc(SCC(=O)Nc2cc(C)ccc2C)o1. The molecule has 3 N–H and O–H groups in total. The first-order valence-corrected chi connectivity index (χ1v) is 8.98. The number of nitrogens with two attached hydrogens (primary N) is 1. The number of nitrogens with one attached hydrogen (secondary N) is 1. The molecule has 7 heteroatoms. The Hall–Kier alpha value is -1.86. The summed E-state index contributed by atoms with van der Waals surface area (Å²) < 4.78 is 5.55. The van der Waals surface area contributed by atoms with Crippen LogP contribution in [0.25, 0.3) is 0 Å². The first-order chi connectivity index (χ1) is 11.4. The average molecular weight is 348 g/mol. The van der Waals surface area contributed by atoms with Crippen LogP contribution >= 0.6 is 11.8 Å². The lowest BCUT2D eigenvalue weighted by molar-refractivity contribution is -0.113. The van der Waals surface area contributed by atoms with E-state index in [1.165, 1.54) is 11.8 Å². The van der Waals surface area contributed by atoms with E-state index in [9.17, 15) is 4.79 Å². The van der Waals surface area contributed by atoms with Gasteiger partial charge in [-0.3, -0.25) is 4.79 Å². The fourth-order valence-corrected chi connectivity index (χ4v) is 2.66. The average Bonchev–Trinajstić information content (AvgIpc) is 3.04. The molecule has 1 amide bonds. The molecule has 1 aromatic carbocycles. The lowest BCUT2D eigenvalue weighted by Gasteiger charge is -2.13. The van der Waals surface area contributed by atoms with Gasteiger partial charge in [0.05, 0.1) is 11.8 Å². The largest absolute Gasteiger partial charge is 0.414 e. The highest BCUT2D eigenvalue weighted by Crippen LogP contribution is 2.24. The first kappa shape index (κ1) is 18.5. The number of nitrogens with zero attached hydrogens (tertiary/aromatic N) is 2. The van der Waals surface area contributed by atoms with E-state index >= 15 is 0 Å². The molecular formula is C17H24N4O2S. The number of thioether (sulfide) groups is 1. The van der Waals surface area contributed by atoms with Crippen molar-refractivity contribution in [3.05, 3.63) is 35.2 Å². The Kier molecular flexibility index (Phi) is 6.39. The van der Waals surface area contributed by atoms with E-state index in [1.54, 1.807) is 0 Å². The van der Waals surface area contributed by atoms with Crippen molar-refractivity contribution in [2.75, 3.05) is 11.1 Å². The number of aryl methyl sites for hydroxylation is 2. The van der Waals surface area contributed by atoms with Gasteiger partial charge in [0, 0.05) is 5.69 Å². The minimum Gasteiger partial charge on any atom is -0.414 e. The smallest absolute Gasteiger partial charge is 0.277 e. The number of rotatable bonds is 7. The number of carbonyl (C=O) groups excluding carboxylic acids is 1. The fourth-order valence-electron chi connectivity index (χ4n) is 2.09. The van der Waals surface area contributed by atoms with Gasteiger partial charge in [-0.15, -0.1) is 10.2 Å². The fraction of sp³-hybridized carbons (Fsp3) is 0.471. The summed E-state index contributed by atoms with van der Waals surface area (Å²) in [6, 6.07) is 5.67. The van der Waals surface area contributed by atoms with Crippen molar-refractivity contribution in [2.45, 2.75) is 45.4 Å². The van der Waals surface area contributed by atoms with Gasteiger partial charge in [-0.25, -0.2) is 0 Å². The summed E-state index contributed by atoms with van der Waals surface area (Å²) in [6.07, 6.45) is 0.935. The quantitative estimate of drug-likeness (QED) is 0.744. The van der Waals surface area contributed by atoms with Crippen LogP contribution in [0.5, 0.6) is 0 Å². The van der Waals surface area contributed by atoms with E-state index in [1.807, 2.05) is 39.0 Å². The number of carbonyl (C=O) groups is 1. The monoisotopic (exact) mass is 348 g/mol. The Morgan fingerprint density at radius 3 is 2.83 bits per heavy atom. The van der Waals surface area contributed by atoms with Crippen molar-refractivity contribution >= 4 is 23.4 Å². The van der Waals surface area contributed by atoms with Crippen molar-refractivity contribution in [2.24, 2.45) is 11.7 Å². The number of amides is 1. The summed E-state index contributed by atoms with van der Waals surface area (Å²) >= 11 is 1.21. The van der Waals surface area contributed by atoms with Gasteiger partial charge in [0.1, 0.15) is 0 Å². The van der Waals surface area contributed by atoms with Crippen molar-refractivity contribution in [1.29, 1.82) is 0 Å². The Morgan fingerprint density at radius 1 is 1.38 bits per heavy atom. The third-order valence-electron chi connectivity index (χ3n) is 3.96. The van der Waals surface area contributed by atoms with Crippen LogP contribution in [0.15, 0.2) is 27.8 Å². The number of aromatic nitrogens is 2. The maximum absolute atomic E-state index is 12.1. The van der Waals surface area contributed by atoms with E-state index in [4.69, 9.17) is 10.2 Å². The predicted molar refractivity (Wildman–Crippen MR) is 96.0 cm³/mol. The third kappa shape index (κ3) is 4.82. The molecule has 24 heavy (non-hydrogen) atoms. The predicted octanol–water partition coefficient (Wildman–Crippen LogP) is 3.46.